The van der Waals surface area contributed by atoms with E-state index in [2.05, 4.69) is 13.8 Å². The van der Waals surface area contributed by atoms with Gasteiger partial charge in [0.05, 0.1) is 5.02 Å². The van der Waals surface area contributed by atoms with Crippen LogP contribution in [-0.4, -0.2) is 5.78 Å². The Labute approximate surface area is 119 Å². The van der Waals surface area contributed by atoms with Gasteiger partial charge in [-0.05, 0) is 29.9 Å². The number of carbonyl (C=O) groups is 1. The van der Waals surface area contributed by atoms with Gasteiger partial charge in [0.15, 0.2) is 0 Å². The monoisotopic (exact) mass is 282 g/mol. The first-order chi connectivity index (χ1) is 8.92. The molecule has 1 saturated carbocycles. The SMILES string of the molecule is CC1(C)CCCCC1C(=O)Cc1cccc(Cl)c1F. The van der Waals surface area contributed by atoms with Gasteiger partial charge in [0.1, 0.15) is 11.6 Å². The predicted molar refractivity (Wildman–Crippen MR) is 75.9 cm³/mol. The molecule has 0 heterocycles. The molecule has 0 amide bonds. The number of Topliss-reactive ketones (excluding diaryl/α,β-unsaturated/α-hetero) is 1. The largest absolute Gasteiger partial charge is 0.299 e. The third kappa shape index (κ3) is 3.17. The molecule has 19 heavy (non-hydrogen) atoms. The second kappa shape index (κ2) is 5.62. The first-order valence-corrected chi connectivity index (χ1v) is 7.25. The molecule has 0 aliphatic heterocycles. The maximum absolute atomic E-state index is 13.8. The Morgan fingerprint density at radius 2 is 2.16 bits per heavy atom. The zero-order valence-electron chi connectivity index (χ0n) is 11.5. The lowest BCUT2D eigenvalue weighted by atomic mass is 9.66. The average Bonchev–Trinajstić information content (AvgIpc) is 2.34. The van der Waals surface area contributed by atoms with Crippen LogP contribution in [0.15, 0.2) is 18.2 Å². The summed E-state index contributed by atoms with van der Waals surface area (Å²) in [5.74, 6) is -0.267. The molecule has 0 radical (unpaired) electrons. The Balaban J connectivity index is 2.14. The standard InChI is InChI=1S/C16H20ClFO/c1-16(2)9-4-3-7-12(16)14(19)10-11-6-5-8-13(17)15(11)18/h5-6,8,12H,3-4,7,9-10H2,1-2H3. The number of halogens is 2. The van der Waals surface area contributed by atoms with E-state index in [1.807, 2.05) is 0 Å². The summed E-state index contributed by atoms with van der Waals surface area (Å²) in [6, 6.07) is 4.85. The van der Waals surface area contributed by atoms with Crippen molar-refractivity contribution in [2.45, 2.75) is 46.0 Å². The van der Waals surface area contributed by atoms with Crippen LogP contribution in [0.2, 0.25) is 5.02 Å². The lowest BCUT2D eigenvalue weighted by Gasteiger charge is -2.37. The van der Waals surface area contributed by atoms with Crippen molar-refractivity contribution in [3.05, 3.63) is 34.6 Å². The number of carbonyl (C=O) groups excluding carboxylic acids is 1. The summed E-state index contributed by atoms with van der Waals surface area (Å²) in [7, 11) is 0. The molecule has 1 aliphatic carbocycles. The second-order valence-corrected chi connectivity index (χ2v) is 6.55. The van der Waals surface area contributed by atoms with E-state index in [0.717, 1.165) is 19.3 Å². The lowest BCUT2D eigenvalue weighted by molar-refractivity contribution is -0.127. The number of benzene rings is 1. The highest BCUT2D eigenvalue weighted by molar-refractivity contribution is 6.30. The van der Waals surface area contributed by atoms with Gasteiger partial charge in [0.2, 0.25) is 0 Å². The summed E-state index contributed by atoms with van der Waals surface area (Å²) < 4.78 is 13.8. The number of ketones is 1. The van der Waals surface area contributed by atoms with Crippen molar-refractivity contribution >= 4 is 17.4 Å². The zero-order chi connectivity index (χ0) is 14.0. The molecule has 0 N–H and O–H groups in total. The minimum absolute atomic E-state index is 0.0321. The van der Waals surface area contributed by atoms with Gasteiger partial charge >= 0.3 is 0 Å². The minimum atomic E-state index is -0.453. The van der Waals surface area contributed by atoms with E-state index in [4.69, 9.17) is 11.6 Å². The topological polar surface area (TPSA) is 17.1 Å². The van der Waals surface area contributed by atoms with Crippen LogP contribution in [0.5, 0.6) is 0 Å². The molecule has 1 fully saturated rings. The molecule has 2 rings (SSSR count). The molecule has 1 nitrogen and oxygen atoms in total. The van der Waals surface area contributed by atoms with Gasteiger partial charge in [-0.2, -0.15) is 0 Å². The molecule has 0 bridgehead atoms. The van der Waals surface area contributed by atoms with Gasteiger partial charge in [-0.15, -0.1) is 0 Å². The lowest BCUT2D eigenvalue weighted by Crippen LogP contribution is -2.35. The van der Waals surface area contributed by atoms with Crippen molar-refractivity contribution in [1.29, 1.82) is 0 Å². The number of rotatable bonds is 3. The molecule has 1 unspecified atom stereocenters. The molecule has 1 aromatic rings. The Hall–Kier alpha value is -0.890. The van der Waals surface area contributed by atoms with Gasteiger partial charge < -0.3 is 0 Å². The van der Waals surface area contributed by atoms with E-state index in [0.29, 0.717) is 5.56 Å². The van der Waals surface area contributed by atoms with Crippen LogP contribution >= 0.6 is 11.6 Å². The minimum Gasteiger partial charge on any atom is -0.299 e. The molecule has 1 aromatic carbocycles. The molecule has 0 spiro atoms. The summed E-state index contributed by atoms with van der Waals surface area (Å²) in [5.41, 5.74) is 0.448. The Morgan fingerprint density at radius 3 is 2.84 bits per heavy atom. The zero-order valence-corrected chi connectivity index (χ0v) is 12.3. The molecule has 0 saturated heterocycles. The van der Waals surface area contributed by atoms with Crippen LogP contribution in [0.1, 0.15) is 45.1 Å². The normalized spacial score (nSPS) is 22.2. The third-order valence-electron chi connectivity index (χ3n) is 4.29. The van der Waals surface area contributed by atoms with Gasteiger partial charge in [0, 0.05) is 12.3 Å². The van der Waals surface area contributed by atoms with Gasteiger partial charge in [0.25, 0.3) is 0 Å². The van der Waals surface area contributed by atoms with E-state index < -0.39 is 5.82 Å². The highest BCUT2D eigenvalue weighted by atomic mass is 35.5. The average molecular weight is 283 g/mol. The fourth-order valence-corrected chi connectivity index (χ4v) is 3.28. The Kier molecular flexibility index (Phi) is 4.29. The first kappa shape index (κ1) is 14.5. The maximum Gasteiger partial charge on any atom is 0.145 e. The highest BCUT2D eigenvalue weighted by Crippen LogP contribution is 2.41. The molecule has 1 aliphatic rings. The fourth-order valence-electron chi connectivity index (χ4n) is 3.09. The molecular weight excluding hydrogens is 263 g/mol. The summed E-state index contributed by atoms with van der Waals surface area (Å²) in [5, 5.41) is 0.0909. The molecule has 1 atom stereocenters. The summed E-state index contributed by atoms with van der Waals surface area (Å²) in [6.45, 7) is 4.28. The van der Waals surface area contributed by atoms with Crippen LogP contribution in [0.4, 0.5) is 4.39 Å². The maximum atomic E-state index is 13.8. The Morgan fingerprint density at radius 1 is 1.42 bits per heavy atom. The summed E-state index contributed by atoms with van der Waals surface area (Å²) >= 11 is 5.75. The number of hydrogen-bond donors (Lipinski definition) is 0. The van der Waals surface area contributed by atoms with Gasteiger partial charge in [-0.1, -0.05) is 50.4 Å². The number of hydrogen-bond acceptors (Lipinski definition) is 1. The van der Waals surface area contributed by atoms with Crippen LogP contribution in [0, 0.1) is 17.2 Å². The van der Waals surface area contributed by atoms with Crippen molar-refractivity contribution in [3.8, 4) is 0 Å². The smallest absolute Gasteiger partial charge is 0.145 e. The van der Waals surface area contributed by atoms with Crippen molar-refractivity contribution in [3.63, 3.8) is 0 Å². The van der Waals surface area contributed by atoms with Crippen LogP contribution < -0.4 is 0 Å². The van der Waals surface area contributed by atoms with E-state index in [1.165, 1.54) is 12.5 Å². The first-order valence-electron chi connectivity index (χ1n) is 6.87. The summed E-state index contributed by atoms with van der Waals surface area (Å²) in [4.78, 5) is 12.4. The predicted octanol–water partition coefficient (Wildman–Crippen LogP) is 4.81. The van der Waals surface area contributed by atoms with E-state index in [9.17, 15) is 9.18 Å². The third-order valence-corrected chi connectivity index (χ3v) is 4.58. The van der Waals surface area contributed by atoms with E-state index >= 15 is 0 Å². The molecule has 104 valence electrons. The quantitative estimate of drug-likeness (QED) is 0.778. The summed E-state index contributed by atoms with van der Waals surface area (Å²) in [6.07, 6.45) is 4.43. The Bertz CT molecular complexity index is 482. The van der Waals surface area contributed by atoms with Gasteiger partial charge in [-0.3, -0.25) is 4.79 Å². The molecule has 3 heteroatoms. The highest BCUT2D eigenvalue weighted by Gasteiger charge is 2.36. The van der Waals surface area contributed by atoms with Gasteiger partial charge in [-0.25, -0.2) is 4.39 Å². The van der Waals surface area contributed by atoms with Crippen LogP contribution in [0.25, 0.3) is 0 Å². The van der Waals surface area contributed by atoms with Crippen molar-refractivity contribution in [1.82, 2.24) is 0 Å². The van der Waals surface area contributed by atoms with Crippen LogP contribution in [-0.2, 0) is 11.2 Å². The van der Waals surface area contributed by atoms with Crippen molar-refractivity contribution in [2.75, 3.05) is 0 Å². The van der Waals surface area contributed by atoms with Crippen LogP contribution in [0.3, 0.4) is 0 Å². The van der Waals surface area contributed by atoms with E-state index in [1.54, 1.807) is 12.1 Å². The molecule has 0 aromatic heterocycles. The van der Waals surface area contributed by atoms with Crippen molar-refractivity contribution < 1.29 is 9.18 Å². The van der Waals surface area contributed by atoms with E-state index in [-0.39, 0.29) is 28.6 Å². The second-order valence-electron chi connectivity index (χ2n) is 6.14. The van der Waals surface area contributed by atoms with Crippen molar-refractivity contribution in [2.24, 2.45) is 11.3 Å². The fraction of sp³-hybridized carbons (Fsp3) is 0.562. The molecular formula is C16H20ClFO.